The van der Waals surface area contributed by atoms with Gasteiger partial charge in [0.2, 0.25) is 0 Å². The van der Waals surface area contributed by atoms with Crippen molar-refractivity contribution in [2.24, 2.45) is 0 Å². The topological polar surface area (TPSA) is 478 Å². The van der Waals surface area contributed by atoms with Gasteiger partial charge in [-0.25, -0.2) is 14.4 Å². The van der Waals surface area contributed by atoms with Crippen molar-refractivity contribution in [3.63, 3.8) is 0 Å². The van der Waals surface area contributed by atoms with Gasteiger partial charge in [-0.2, -0.15) is 0 Å². The van der Waals surface area contributed by atoms with E-state index in [0.717, 1.165) is 46.4 Å². The first-order valence-electron chi connectivity index (χ1n) is 38.7. The molecule has 5 unspecified atom stereocenters. The lowest BCUT2D eigenvalue weighted by molar-refractivity contribution is -0.124. The highest BCUT2D eigenvalue weighted by Gasteiger charge is 2.56. The van der Waals surface area contributed by atoms with Crippen molar-refractivity contribution in [1.82, 2.24) is 49.1 Å². The van der Waals surface area contributed by atoms with Crippen LogP contribution in [0.1, 0.15) is 101 Å². The zero-order chi connectivity index (χ0) is 88.3. The maximum Gasteiger partial charge on any atom is 0.330 e. The van der Waals surface area contributed by atoms with Crippen LogP contribution in [0.15, 0.2) is 122 Å². The van der Waals surface area contributed by atoms with Crippen LogP contribution in [0.3, 0.4) is 0 Å². The van der Waals surface area contributed by atoms with Gasteiger partial charge in [0, 0.05) is 59.8 Å². The molecule has 7 aliphatic heterocycles. The molecule has 0 bridgehead atoms. The molecule has 10 heterocycles. The number of hydrogen-bond acceptors (Lipinski definition) is 25. The summed E-state index contributed by atoms with van der Waals surface area (Å²) in [6.45, 7) is 34.4. The van der Waals surface area contributed by atoms with Crippen LogP contribution >= 0.6 is 34.4 Å². The summed E-state index contributed by atoms with van der Waals surface area (Å²) in [6.07, 6.45) is 27.1. The monoisotopic (exact) mass is 1740 g/mol. The number of aromatic nitrogens is 6. The molecule has 20 atom stereocenters. The average molecular weight is 1740 g/mol. The van der Waals surface area contributed by atoms with E-state index in [9.17, 15) is 89.4 Å². The fraction of sp³-hybridized carbons (Fsp3) is 0.608. The van der Waals surface area contributed by atoms with Crippen LogP contribution < -0.4 is 44.4 Å². The number of nitrogens with zero attached hydrogens (tertiary/aromatic N) is 5. The molecule has 38 heteroatoms. The zero-order valence-corrected chi connectivity index (χ0v) is 74.3. The Bertz CT molecular complexity index is 4630. The van der Waals surface area contributed by atoms with Crippen LogP contribution in [-0.4, -0.2) is 333 Å². The number of carbonyl (C=O) groups excluding carboxylic acids is 2. The van der Waals surface area contributed by atoms with Crippen molar-refractivity contribution >= 4 is 77.7 Å². The van der Waals surface area contributed by atoms with E-state index in [-0.39, 0.29) is 18.2 Å². The summed E-state index contributed by atoms with van der Waals surface area (Å²) in [5.74, 6) is 0.0745. The van der Waals surface area contributed by atoms with Crippen LogP contribution in [0.5, 0.6) is 0 Å². The van der Waals surface area contributed by atoms with Crippen molar-refractivity contribution in [2.45, 2.75) is 207 Å². The number of H-pyrrole nitrogens is 3. The molecule has 117 heavy (non-hydrogen) atoms. The molecule has 0 radical (unpaired) electrons. The van der Waals surface area contributed by atoms with Crippen LogP contribution in [0.2, 0.25) is 0 Å². The van der Waals surface area contributed by atoms with Gasteiger partial charge in [0.05, 0.1) is 30.5 Å². The lowest BCUT2D eigenvalue weighted by Gasteiger charge is -2.37. The molecular formula is C79H129N10O23P5. The van der Waals surface area contributed by atoms with Crippen molar-refractivity contribution in [2.75, 3.05) is 97.5 Å². The molecule has 658 valence electrons. The smallest absolute Gasteiger partial charge is 0.330 e. The average Bonchev–Trinajstić information content (AvgIpc) is 1.61. The number of aliphatic hydroxyl groups excluding tert-OH is 8. The van der Waals surface area contributed by atoms with E-state index in [1.807, 2.05) is 6.92 Å². The van der Waals surface area contributed by atoms with Crippen molar-refractivity contribution in [1.29, 1.82) is 0 Å². The molecule has 0 spiro atoms. The molecule has 10 rings (SSSR count). The van der Waals surface area contributed by atoms with Gasteiger partial charge in [-0.05, 0) is 169 Å². The molecule has 3 aromatic rings. The Morgan fingerprint density at radius 3 is 0.983 bits per heavy atom. The van der Waals surface area contributed by atoms with Crippen LogP contribution in [0, 0.1) is 0 Å². The molecule has 5 fully saturated rings. The lowest BCUT2D eigenvalue weighted by atomic mass is 9.95. The van der Waals surface area contributed by atoms with Crippen molar-refractivity contribution in [3.05, 3.63) is 172 Å². The largest absolute Gasteiger partial charge is 0.388 e. The van der Waals surface area contributed by atoms with Gasteiger partial charge in [0.1, 0.15) is 71.7 Å². The number of hydrogen-bond donors (Lipinski definition) is 15. The number of allylic oxidation sites excluding steroid dienone is 2. The summed E-state index contributed by atoms with van der Waals surface area (Å²) in [6, 6.07) is 0. The number of nitrogens with one attached hydrogen (secondary N) is 5. The molecule has 2 amide bonds. The minimum absolute atomic E-state index is 0.278. The second-order valence-corrected chi connectivity index (χ2v) is 56.2. The molecule has 0 saturated carbocycles. The quantitative estimate of drug-likeness (QED) is 0.0377. The van der Waals surface area contributed by atoms with E-state index in [2.05, 4.69) is 150 Å². The highest BCUT2D eigenvalue weighted by atomic mass is 31.2. The summed E-state index contributed by atoms with van der Waals surface area (Å²) in [5.41, 5.74) is -5.14. The van der Waals surface area contributed by atoms with Crippen LogP contribution in [0.25, 0.3) is 0 Å². The molecule has 33 nitrogen and oxygen atoms in total. The fourth-order valence-electron chi connectivity index (χ4n) is 13.7. The Labute approximate surface area is 684 Å². The summed E-state index contributed by atoms with van der Waals surface area (Å²) >= 11 is 0. The zero-order valence-electron chi connectivity index (χ0n) is 69.8. The highest BCUT2D eigenvalue weighted by Crippen LogP contribution is 2.46. The number of amides is 2. The van der Waals surface area contributed by atoms with E-state index in [0.29, 0.717) is 79.7 Å². The van der Waals surface area contributed by atoms with Crippen molar-refractivity contribution in [3.8, 4) is 0 Å². The Hall–Kier alpha value is -6.08. The number of ether oxygens (including phenoxy) is 5. The third kappa shape index (κ3) is 27.5. The van der Waals surface area contributed by atoms with E-state index >= 15 is 0 Å². The molecule has 7 aliphatic rings. The van der Waals surface area contributed by atoms with Gasteiger partial charge >= 0.3 is 17.1 Å². The SMILES string of the molecule is C=C1NC(=O)C=CN1C1O[C@H](CCP(=C)(C)C)[C@@H](O)[C@@]1(C)O.C=C1NC(=O)C=CN1C1O[C@H](CCP(=C)(C)C)[C@@H](O)[C@]1(C)O.C=CCCc1cn(C2O[C@H](CCP(=C)(C)C)[C@@H](O)[C@H]2O)c(=O)[nH]c1=O.C=CCc1cn(C2O[C@H](CCP(=C)(C)C)[C@@H](O)[C@H]2O)c(=O)[nH]c1=O.C=P(C)(C)CC[C@H]1OC(n2cc(CCC)c(=O)[nH]c2=O)[C@H](O)[C@@H]1O. The van der Waals surface area contributed by atoms with E-state index < -0.39 is 190 Å². The van der Waals surface area contributed by atoms with Crippen LogP contribution in [-0.2, 0) is 52.5 Å². The van der Waals surface area contributed by atoms with Gasteiger partial charge in [0.15, 0.2) is 31.1 Å². The maximum absolute atomic E-state index is 12.1. The number of aliphatic hydroxyl groups is 10. The Balaban J connectivity index is 0.000000227. The minimum Gasteiger partial charge on any atom is -0.388 e. The summed E-state index contributed by atoms with van der Waals surface area (Å²) in [7, 11) is 0. The van der Waals surface area contributed by atoms with Gasteiger partial charge < -0.3 is 95.2 Å². The Morgan fingerprint density at radius 2 is 0.709 bits per heavy atom. The Morgan fingerprint density at radius 1 is 0.427 bits per heavy atom. The van der Waals surface area contributed by atoms with E-state index in [4.69, 9.17) is 23.7 Å². The highest BCUT2D eigenvalue weighted by molar-refractivity contribution is 7.73. The van der Waals surface area contributed by atoms with Gasteiger partial charge in [0.25, 0.3) is 28.5 Å². The van der Waals surface area contributed by atoms with E-state index in [1.165, 1.54) is 71.4 Å². The maximum atomic E-state index is 12.1. The Kier molecular flexibility index (Phi) is 35.1. The molecule has 3 aromatic heterocycles. The summed E-state index contributed by atoms with van der Waals surface area (Å²) < 4.78 is 32.4. The second kappa shape index (κ2) is 41.2. The van der Waals surface area contributed by atoms with Gasteiger partial charge in [-0.3, -0.25) is 52.6 Å². The first-order chi connectivity index (χ1) is 53.9. The number of aromatic amines is 3. The minimum atomic E-state index is -1.47. The first-order valence-corrected chi connectivity index (χ1v) is 53.9. The first kappa shape index (κ1) is 99.7. The number of rotatable bonds is 27. The predicted octanol–water partition coefficient (Wildman–Crippen LogP) is 1.24. The van der Waals surface area contributed by atoms with Crippen LogP contribution in [0.4, 0.5) is 0 Å². The van der Waals surface area contributed by atoms with Crippen molar-refractivity contribution < 1.29 is 84.3 Å². The number of carbonyl (C=O) groups is 2. The summed E-state index contributed by atoms with van der Waals surface area (Å²) in [4.78, 5) is 104. The third-order valence-corrected chi connectivity index (χ3v) is 27.8. The summed E-state index contributed by atoms with van der Waals surface area (Å²) in [5, 5.41) is 109. The third-order valence-electron chi connectivity index (χ3n) is 20.5. The second-order valence-electron chi connectivity index (χ2n) is 34.6. The number of aryl methyl sites for hydroxylation is 2. The molecule has 0 aliphatic carbocycles. The van der Waals surface area contributed by atoms with E-state index in [1.54, 1.807) is 12.2 Å². The normalized spacial score (nSPS) is 30.5. The molecule has 0 aromatic carbocycles. The molecule has 5 saturated heterocycles. The standard InChI is InChI=1S/C17H27N2O5P.C16H27N2O5P.C16H25N2O5P.2C15H25N2O4P/c1-5-6-7-11-10-19(17(23)18-15(11)22)16-14(21)13(20)12(24-16)8-9-25(2,3)4;2*1-5-6-10-9-18(16(22)17-14(10)21)15-13(20)12(19)11(23-15)7-8-24(2,3)4;2*1-10-16-12(18)6-8-17(10)14-15(2,20)13(19)11(21-14)7-9-22(3,4)5/h5,10,12-14,16,20-21H,1-2,6-9H2,3-4H3,(H,18,22,23);9,11-13,15,19-20H,2,5-8H2,1,3-4H3,(H,17,21,22);5,9,11-13,15,19-20H,1-2,6-8H2,3-4H3,(H,17,21,22);2*6,8,11,13-14,19-20H,1,3,7,9H2,2,4-5H3,(H,16,18)/t12-,13-,14-,16?;2*11-,12-,13-,15?;11-,13-,14?,15+;11-,13-,14?,15-/m11111/s1. The predicted molar refractivity (Wildman–Crippen MR) is 472 cm³/mol. The molecule has 15 N–H and O–H groups in total. The van der Waals surface area contributed by atoms with Gasteiger partial charge in [-0.15, -0.1) is 79.1 Å². The fourth-order valence-corrected chi connectivity index (χ4v) is 18.4. The molecular weight excluding hydrogens is 1610 g/mol. The lowest BCUT2D eigenvalue weighted by Crippen LogP contribution is -2.53. The van der Waals surface area contributed by atoms with Gasteiger partial charge in [-0.1, -0.05) is 38.7 Å².